The lowest BCUT2D eigenvalue weighted by Gasteiger charge is -2.26. The van der Waals surface area contributed by atoms with Gasteiger partial charge in [-0.3, -0.25) is 9.79 Å². The first kappa shape index (κ1) is 17.2. The second-order valence-electron chi connectivity index (χ2n) is 6.05. The van der Waals surface area contributed by atoms with Crippen molar-refractivity contribution in [2.24, 2.45) is 4.99 Å². The molecule has 130 valence electrons. The van der Waals surface area contributed by atoms with Crippen LogP contribution in [0.25, 0.3) is 0 Å². The van der Waals surface area contributed by atoms with E-state index in [4.69, 9.17) is 0 Å². The average Bonchev–Trinajstić information content (AvgIpc) is 2.97. The second kappa shape index (κ2) is 6.36. The van der Waals surface area contributed by atoms with E-state index < -0.39 is 9.84 Å². The van der Waals surface area contributed by atoms with Crippen LogP contribution in [0.4, 0.5) is 10.1 Å². The third-order valence-corrected chi connectivity index (χ3v) is 6.69. The van der Waals surface area contributed by atoms with Crippen molar-refractivity contribution in [1.82, 2.24) is 4.90 Å². The Kier molecular flexibility index (Phi) is 4.56. The molecule has 1 amide bonds. The van der Waals surface area contributed by atoms with Crippen molar-refractivity contribution in [3.63, 3.8) is 0 Å². The number of anilines is 1. The zero-order chi connectivity index (χ0) is 17.5. The first-order valence-corrected chi connectivity index (χ1v) is 10.2. The fourth-order valence-corrected chi connectivity index (χ4v) is 5.74. The Hall–Kier alpha value is -1.61. The Bertz CT molecular complexity index is 778. The number of aliphatic imine (C=N–C) groups is 1. The number of nitrogens with zero attached hydrogens (tertiary/aromatic N) is 3. The van der Waals surface area contributed by atoms with E-state index >= 15 is 0 Å². The molecule has 0 saturated carbocycles. The fraction of sp³-hybridized carbons (Fsp3) is 0.467. The van der Waals surface area contributed by atoms with Crippen LogP contribution < -0.4 is 4.90 Å². The molecular weight excluding hydrogens is 353 g/mol. The summed E-state index contributed by atoms with van der Waals surface area (Å²) in [4.78, 5) is 19.7. The van der Waals surface area contributed by atoms with E-state index in [2.05, 4.69) is 4.99 Å². The van der Waals surface area contributed by atoms with E-state index in [1.165, 1.54) is 28.8 Å². The summed E-state index contributed by atoms with van der Waals surface area (Å²) in [6, 6.07) is 5.24. The van der Waals surface area contributed by atoms with Crippen LogP contribution >= 0.6 is 11.8 Å². The quantitative estimate of drug-likeness (QED) is 0.793. The molecule has 0 bridgehead atoms. The summed E-state index contributed by atoms with van der Waals surface area (Å²) in [5.41, 5.74) is 0.685. The molecule has 1 aromatic carbocycles. The predicted octanol–water partition coefficient (Wildman–Crippen LogP) is 0.989. The molecule has 2 heterocycles. The number of carbonyl (C=O) groups is 1. The minimum atomic E-state index is -3.13. The number of rotatable bonds is 3. The molecule has 2 aliphatic heterocycles. The minimum absolute atomic E-state index is 0.0149. The van der Waals surface area contributed by atoms with Crippen LogP contribution in [0.3, 0.4) is 0 Å². The second-order valence-corrected chi connectivity index (χ2v) is 9.14. The van der Waals surface area contributed by atoms with Crippen molar-refractivity contribution in [3.05, 3.63) is 30.1 Å². The smallest absolute Gasteiger partial charge is 0.232 e. The maximum absolute atomic E-state index is 13.2. The van der Waals surface area contributed by atoms with E-state index in [0.717, 1.165) is 0 Å². The van der Waals surface area contributed by atoms with Crippen molar-refractivity contribution in [3.8, 4) is 0 Å². The Morgan fingerprint density at radius 3 is 2.62 bits per heavy atom. The molecule has 1 aromatic rings. The van der Waals surface area contributed by atoms with E-state index in [-0.39, 0.29) is 41.1 Å². The van der Waals surface area contributed by atoms with Crippen LogP contribution in [-0.4, -0.2) is 67.8 Å². The summed E-state index contributed by atoms with van der Waals surface area (Å²) in [5.74, 6) is -0.157. The molecular formula is C15H18FN3O3S2. The van der Waals surface area contributed by atoms with Crippen LogP contribution in [0, 0.1) is 5.82 Å². The summed E-state index contributed by atoms with van der Waals surface area (Å²) >= 11 is 1.28. The standard InChI is InChI=1S/C15H18FN3O3S2/c1-18(2)14(20)7-23-15-17-12-8-24(21,22)9-13(12)19(15)11-5-3-10(16)4-6-11/h3-6,12-13H,7-9H2,1-2H3/t12-,13-/m0/s1. The summed E-state index contributed by atoms with van der Waals surface area (Å²) < 4.78 is 37.0. The Morgan fingerprint density at radius 2 is 2.00 bits per heavy atom. The molecule has 6 nitrogen and oxygen atoms in total. The number of halogens is 1. The highest BCUT2D eigenvalue weighted by molar-refractivity contribution is 8.14. The Morgan fingerprint density at radius 1 is 1.33 bits per heavy atom. The molecule has 24 heavy (non-hydrogen) atoms. The largest absolute Gasteiger partial charge is 0.348 e. The number of hydrogen-bond acceptors (Lipinski definition) is 6. The van der Waals surface area contributed by atoms with Gasteiger partial charge >= 0.3 is 0 Å². The van der Waals surface area contributed by atoms with Crippen LogP contribution in [-0.2, 0) is 14.6 Å². The van der Waals surface area contributed by atoms with Crippen LogP contribution in [0.2, 0.25) is 0 Å². The van der Waals surface area contributed by atoms with Gasteiger partial charge in [0, 0.05) is 19.8 Å². The number of fused-ring (bicyclic) bond motifs is 1. The van der Waals surface area contributed by atoms with E-state index in [0.29, 0.717) is 10.9 Å². The number of thioether (sulfide) groups is 1. The van der Waals surface area contributed by atoms with Gasteiger partial charge in [-0.05, 0) is 24.3 Å². The number of benzene rings is 1. The van der Waals surface area contributed by atoms with Gasteiger partial charge in [-0.2, -0.15) is 0 Å². The molecule has 0 N–H and O–H groups in total. The minimum Gasteiger partial charge on any atom is -0.348 e. The highest BCUT2D eigenvalue weighted by atomic mass is 32.2. The molecule has 0 radical (unpaired) electrons. The van der Waals surface area contributed by atoms with E-state index in [1.54, 1.807) is 26.2 Å². The molecule has 1 saturated heterocycles. The van der Waals surface area contributed by atoms with Gasteiger partial charge < -0.3 is 9.80 Å². The van der Waals surface area contributed by atoms with Gasteiger partial charge in [0.1, 0.15) is 5.82 Å². The topological polar surface area (TPSA) is 70.0 Å². The van der Waals surface area contributed by atoms with Crippen molar-refractivity contribution in [2.75, 3.05) is 36.3 Å². The SMILES string of the molecule is CN(C)C(=O)CSC1=N[C@H]2CS(=O)(=O)C[C@@H]2N1c1ccc(F)cc1. The maximum Gasteiger partial charge on any atom is 0.232 e. The molecule has 1 fully saturated rings. The molecule has 2 aliphatic rings. The average molecular weight is 371 g/mol. The highest BCUT2D eigenvalue weighted by Crippen LogP contribution is 2.35. The molecule has 0 unspecified atom stereocenters. The van der Waals surface area contributed by atoms with Crippen LogP contribution in [0.5, 0.6) is 0 Å². The number of carbonyl (C=O) groups excluding carboxylic acids is 1. The zero-order valence-electron chi connectivity index (χ0n) is 13.3. The predicted molar refractivity (Wildman–Crippen MR) is 93.7 cm³/mol. The molecule has 0 aromatic heterocycles. The third kappa shape index (κ3) is 3.41. The number of hydrogen-bond donors (Lipinski definition) is 0. The lowest BCUT2D eigenvalue weighted by Crippen LogP contribution is -2.39. The van der Waals surface area contributed by atoms with Crippen LogP contribution in [0.1, 0.15) is 0 Å². The number of amidine groups is 1. The molecule has 3 rings (SSSR count). The summed E-state index contributed by atoms with van der Waals surface area (Å²) in [6.07, 6.45) is 0. The lowest BCUT2D eigenvalue weighted by atomic mass is 10.1. The highest BCUT2D eigenvalue weighted by Gasteiger charge is 2.47. The fourth-order valence-electron chi connectivity index (χ4n) is 2.79. The summed E-state index contributed by atoms with van der Waals surface area (Å²) in [7, 11) is 0.228. The van der Waals surface area contributed by atoms with E-state index in [9.17, 15) is 17.6 Å². The van der Waals surface area contributed by atoms with Gasteiger partial charge in [-0.25, -0.2) is 12.8 Å². The van der Waals surface area contributed by atoms with Crippen molar-refractivity contribution in [1.29, 1.82) is 0 Å². The van der Waals surface area contributed by atoms with Crippen molar-refractivity contribution >= 4 is 38.4 Å². The maximum atomic E-state index is 13.2. The molecule has 9 heteroatoms. The number of sulfone groups is 1. The summed E-state index contributed by atoms with van der Waals surface area (Å²) in [6.45, 7) is 0. The molecule has 0 spiro atoms. The van der Waals surface area contributed by atoms with Gasteiger partial charge in [0.05, 0.1) is 29.3 Å². The van der Waals surface area contributed by atoms with Crippen molar-refractivity contribution < 1.29 is 17.6 Å². The normalized spacial score (nSPS) is 24.6. The van der Waals surface area contributed by atoms with E-state index in [1.807, 2.05) is 4.90 Å². The number of amides is 1. The first-order chi connectivity index (χ1) is 11.3. The van der Waals surface area contributed by atoms with Gasteiger partial charge in [0.2, 0.25) is 5.91 Å². The zero-order valence-corrected chi connectivity index (χ0v) is 15.0. The summed E-state index contributed by atoms with van der Waals surface area (Å²) in [5, 5.41) is 0.613. The Labute approximate surface area is 144 Å². The van der Waals surface area contributed by atoms with Gasteiger partial charge in [0.25, 0.3) is 0 Å². The van der Waals surface area contributed by atoms with Gasteiger partial charge in [0.15, 0.2) is 15.0 Å². The van der Waals surface area contributed by atoms with Gasteiger partial charge in [-0.15, -0.1) is 0 Å². The first-order valence-electron chi connectivity index (χ1n) is 7.43. The molecule has 2 atom stereocenters. The lowest BCUT2D eigenvalue weighted by molar-refractivity contribution is -0.125. The molecule has 0 aliphatic carbocycles. The van der Waals surface area contributed by atoms with Crippen molar-refractivity contribution in [2.45, 2.75) is 12.1 Å². The monoisotopic (exact) mass is 371 g/mol. The third-order valence-electron chi connectivity index (χ3n) is 4.04. The Balaban J connectivity index is 1.87. The van der Waals surface area contributed by atoms with Crippen LogP contribution in [0.15, 0.2) is 29.3 Å². The van der Waals surface area contributed by atoms with Gasteiger partial charge in [-0.1, -0.05) is 11.8 Å².